The molecule has 0 atom stereocenters. The summed E-state index contributed by atoms with van der Waals surface area (Å²) in [5, 5.41) is 0.361. The van der Waals surface area contributed by atoms with E-state index in [1.165, 1.54) is 7.11 Å². The molecule has 0 fully saturated rings. The molecule has 0 aliphatic rings. The summed E-state index contributed by atoms with van der Waals surface area (Å²) in [6, 6.07) is 0. The maximum absolute atomic E-state index is 11.6. The molecule has 0 aliphatic carbocycles. The van der Waals surface area contributed by atoms with E-state index in [0.29, 0.717) is 19.6 Å². The first-order chi connectivity index (χ1) is 11.0. The number of ether oxygens (including phenoxy) is 1. The van der Waals surface area contributed by atoms with Gasteiger partial charge in [0.15, 0.2) is 16.6 Å². The molecule has 0 radical (unpaired) electrons. The van der Waals surface area contributed by atoms with Crippen LogP contribution >= 0.6 is 0 Å². The first-order valence-electron chi connectivity index (χ1n) is 9.38. The van der Waals surface area contributed by atoms with Crippen LogP contribution in [0.1, 0.15) is 54.4 Å². The number of methoxy groups -OCH3 is 1. The number of carbonyl (C=O) groups is 1. The average molecular weight is 391 g/mol. The van der Waals surface area contributed by atoms with Gasteiger partial charge >= 0.3 is 5.97 Å². The monoisotopic (exact) mass is 390 g/mol. The lowest BCUT2D eigenvalue weighted by Gasteiger charge is -2.39. The van der Waals surface area contributed by atoms with Crippen molar-refractivity contribution in [3.63, 3.8) is 0 Å². The second-order valence-electron chi connectivity index (χ2n) is 10.1. The van der Waals surface area contributed by atoms with E-state index >= 15 is 0 Å². The Balaban J connectivity index is 4.91. The minimum absolute atomic E-state index is 0.162. The zero-order chi connectivity index (χ0) is 20.1. The van der Waals surface area contributed by atoms with E-state index in [9.17, 15) is 4.79 Å². The van der Waals surface area contributed by atoms with Crippen LogP contribution in [0.3, 0.4) is 0 Å². The van der Waals surface area contributed by atoms with Crippen molar-refractivity contribution in [1.82, 2.24) is 0 Å². The van der Waals surface area contributed by atoms with Crippen molar-refractivity contribution < 1.29 is 18.4 Å². The molecule has 0 rings (SSSR count). The van der Waals surface area contributed by atoms with Gasteiger partial charge in [-0.1, -0.05) is 41.5 Å². The van der Waals surface area contributed by atoms with Crippen molar-refractivity contribution in [2.45, 2.75) is 90.6 Å². The average Bonchev–Trinajstić information content (AvgIpc) is 2.43. The minimum Gasteiger partial charge on any atom is -0.469 e. The van der Waals surface area contributed by atoms with Gasteiger partial charge in [-0.05, 0) is 42.7 Å². The van der Waals surface area contributed by atoms with Crippen LogP contribution < -0.4 is 0 Å². The Bertz CT molecular complexity index is 390. The fraction of sp³-hybridized carbons (Fsp3) is 0.947. The largest absolute Gasteiger partial charge is 0.469 e. The quantitative estimate of drug-likeness (QED) is 0.380. The molecule has 0 spiro atoms. The van der Waals surface area contributed by atoms with Crippen molar-refractivity contribution in [3.8, 4) is 0 Å². The maximum atomic E-state index is 11.6. The minimum atomic E-state index is -1.80. The second-order valence-corrected chi connectivity index (χ2v) is 19.7. The van der Waals surface area contributed by atoms with E-state index in [2.05, 4.69) is 67.7 Å². The molecular weight excluding hydrogens is 348 g/mol. The van der Waals surface area contributed by atoms with Crippen molar-refractivity contribution in [2.75, 3.05) is 20.3 Å². The summed E-state index contributed by atoms with van der Waals surface area (Å²) in [6.45, 7) is 23.8. The first kappa shape index (κ1) is 24.8. The van der Waals surface area contributed by atoms with Gasteiger partial charge in [-0.15, -0.1) is 0 Å². The van der Waals surface area contributed by atoms with Crippen molar-refractivity contribution in [1.29, 1.82) is 0 Å². The van der Waals surface area contributed by atoms with Crippen LogP contribution in [0.25, 0.3) is 0 Å². The van der Waals surface area contributed by atoms with E-state index in [1.807, 2.05) is 0 Å². The van der Waals surface area contributed by atoms with Crippen molar-refractivity contribution in [2.24, 2.45) is 5.92 Å². The smallest absolute Gasteiger partial charge is 0.305 e. The lowest BCUT2D eigenvalue weighted by Crippen LogP contribution is -2.44. The number of esters is 1. The summed E-state index contributed by atoms with van der Waals surface area (Å²) in [7, 11) is -2.17. The molecule has 150 valence electrons. The molecule has 0 bridgehead atoms. The van der Waals surface area contributed by atoms with Crippen LogP contribution in [-0.2, 0) is 18.4 Å². The van der Waals surface area contributed by atoms with Gasteiger partial charge in [0.2, 0.25) is 0 Å². The molecule has 0 aromatic rings. The standard InChI is InChI=1S/C19H42O4Si2/c1-18(2,3)24(8,9)22-14-16(12-13-17(20)21-7)15-23-25(10,11)19(4,5)6/h16H,12-15H2,1-11H3. The number of hydrogen-bond acceptors (Lipinski definition) is 4. The predicted octanol–water partition coefficient (Wildman–Crippen LogP) is 5.60. The van der Waals surface area contributed by atoms with Crippen LogP contribution in [0.4, 0.5) is 0 Å². The van der Waals surface area contributed by atoms with Gasteiger partial charge in [-0.3, -0.25) is 4.79 Å². The first-order valence-corrected chi connectivity index (χ1v) is 15.2. The predicted molar refractivity (Wildman–Crippen MR) is 111 cm³/mol. The highest BCUT2D eigenvalue weighted by atomic mass is 28.4. The van der Waals surface area contributed by atoms with Gasteiger partial charge in [-0.25, -0.2) is 0 Å². The van der Waals surface area contributed by atoms with Crippen molar-refractivity contribution >= 4 is 22.6 Å². The Hall–Kier alpha value is -0.176. The summed E-state index contributed by atoms with van der Waals surface area (Å²) in [5.41, 5.74) is 0. The molecule has 0 heterocycles. The summed E-state index contributed by atoms with van der Waals surface area (Å²) < 4.78 is 17.6. The van der Waals surface area contributed by atoms with Crippen LogP contribution in [-0.4, -0.2) is 42.9 Å². The lowest BCUT2D eigenvalue weighted by molar-refractivity contribution is -0.141. The molecule has 0 amide bonds. The van der Waals surface area contributed by atoms with Crippen LogP contribution in [0.2, 0.25) is 36.3 Å². The van der Waals surface area contributed by atoms with Gasteiger partial charge in [-0.2, -0.15) is 0 Å². The number of rotatable bonds is 9. The van der Waals surface area contributed by atoms with E-state index in [4.69, 9.17) is 13.6 Å². The fourth-order valence-electron chi connectivity index (χ4n) is 1.72. The Kier molecular flexibility index (Phi) is 9.09. The van der Waals surface area contributed by atoms with Crippen LogP contribution in [0.5, 0.6) is 0 Å². The molecule has 0 saturated heterocycles. The third-order valence-corrected chi connectivity index (χ3v) is 15.0. The van der Waals surface area contributed by atoms with Gasteiger partial charge in [0.1, 0.15) is 0 Å². The molecule has 0 N–H and O–H groups in total. The number of hydrogen-bond donors (Lipinski definition) is 0. The Morgan fingerprint density at radius 2 is 1.20 bits per heavy atom. The Morgan fingerprint density at radius 3 is 1.48 bits per heavy atom. The zero-order valence-electron chi connectivity index (χ0n) is 18.5. The van der Waals surface area contributed by atoms with Gasteiger partial charge in [0.05, 0.1) is 7.11 Å². The van der Waals surface area contributed by atoms with E-state index in [1.54, 1.807) is 0 Å². The Labute approximate surface area is 158 Å². The van der Waals surface area contributed by atoms with Crippen molar-refractivity contribution in [3.05, 3.63) is 0 Å². The van der Waals surface area contributed by atoms with Crippen LogP contribution in [0, 0.1) is 5.92 Å². The Morgan fingerprint density at radius 1 is 0.840 bits per heavy atom. The third kappa shape index (κ3) is 8.37. The molecule has 0 unspecified atom stereocenters. The van der Waals surface area contributed by atoms with Gasteiger partial charge < -0.3 is 13.6 Å². The molecule has 0 aromatic carbocycles. The third-order valence-electron chi connectivity index (χ3n) is 5.96. The molecule has 4 nitrogen and oxygen atoms in total. The summed E-state index contributed by atoms with van der Waals surface area (Å²) in [5.74, 6) is 0.0620. The molecule has 0 saturated carbocycles. The SMILES string of the molecule is COC(=O)CCC(CO[Si](C)(C)C(C)(C)C)CO[Si](C)(C)C(C)(C)C. The summed E-state index contributed by atoms with van der Waals surface area (Å²) in [6.07, 6.45) is 1.17. The highest BCUT2D eigenvalue weighted by Crippen LogP contribution is 2.38. The zero-order valence-corrected chi connectivity index (χ0v) is 20.5. The van der Waals surface area contributed by atoms with Gasteiger partial charge in [0, 0.05) is 25.6 Å². The summed E-state index contributed by atoms with van der Waals surface area (Å²) >= 11 is 0. The second kappa shape index (κ2) is 9.15. The van der Waals surface area contributed by atoms with Crippen LogP contribution in [0.15, 0.2) is 0 Å². The highest BCUT2D eigenvalue weighted by Gasteiger charge is 2.39. The molecular formula is C19H42O4Si2. The molecule has 0 aliphatic heterocycles. The normalized spacial score (nSPS) is 14.1. The van der Waals surface area contributed by atoms with Gasteiger partial charge in [0.25, 0.3) is 0 Å². The highest BCUT2D eigenvalue weighted by molar-refractivity contribution is 6.74. The summed E-state index contributed by atoms with van der Waals surface area (Å²) in [4.78, 5) is 11.6. The maximum Gasteiger partial charge on any atom is 0.305 e. The molecule has 25 heavy (non-hydrogen) atoms. The molecule has 6 heteroatoms. The topological polar surface area (TPSA) is 44.8 Å². The van der Waals surface area contributed by atoms with E-state index in [0.717, 1.165) is 6.42 Å². The lowest BCUT2D eigenvalue weighted by atomic mass is 10.1. The van der Waals surface area contributed by atoms with E-state index in [-0.39, 0.29) is 22.0 Å². The van der Waals surface area contributed by atoms with E-state index < -0.39 is 16.6 Å². The molecule has 0 aromatic heterocycles. The number of carbonyl (C=O) groups excluding carboxylic acids is 1. The fourth-order valence-corrected chi connectivity index (χ4v) is 3.89.